The summed E-state index contributed by atoms with van der Waals surface area (Å²) in [5.41, 5.74) is 2.20. The van der Waals surface area contributed by atoms with Crippen molar-refractivity contribution in [1.29, 1.82) is 0 Å². The highest BCUT2D eigenvalue weighted by Gasteiger charge is 2.37. The molecule has 0 bridgehead atoms. The number of nitrogens with zero attached hydrogens (tertiary/aromatic N) is 1. The molecular weight excluding hydrogens is 461 g/mol. The van der Waals surface area contributed by atoms with Gasteiger partial charge in [-0.05, 0) is 88.6 Å². The van der Waals surface area contributed by atoms with E-state index in [1.165, 1.54) is 12.1 Å². The quantitative estimate of drug-likeness (QED) is 0.398. The number of benzene rings is 1. The lowest BCUT2D eigenvalue weighted by Gasteiger charge is -2.36. The number of nitrogens with one attached hydrogen (secondary N) is 2. The maximum absolute atomic E-state index is 13.7. The second-order valence-electron chi connectivity index (χ2n) is 10.8. The van der Waals surface area contributed by atoms with E-state index in [2.05, 4.69) is 10.6 Å². The first-order valence-corrected chi connectivity index (χ1v) is 12.8. The van der Waals surface area contributed by atoms with Crippen molar-refractivity contribution in [3.05, 3.63) is 52.1 Å². The summed E-state index contributed by atoms with van der Waals surface area (Å²) in [6.45, 7) is 5.24. The standard InChI is InChI=1S/C28H36FN3O4/c1-16-15-19(9-10-21(16)29)30-26(35)22-17(2)23(32(4)24(22)18-7-5-6-8-18)25(34)27(36)31-28(3)13-11-20(33)12-14-28/h9-10,15,18,20,33H,5-8,11-14H2,1-4H3,(H,30,35)(H,31,36). The van der Waals surface area contributed by atoms with E-state index in [-0.39, 0.29) is 29.4 Å². The van der Waals surface area contributed by atoms with Gasteiger partial charge in [0.25, 0.3) is 17.6 Å². The Morgan fingerprint density at radius 3 is 2.33 bits per heavy atom. The monoisotopic (exact) mass is 497 g/mol. The highest BCUT2D eigenvalue weighted by molar-refractivity contribution is 6.43. The average Bonchev–Trinajstić information content (AvgIpc) is 3.44. The van der Waals surface area contributed by atoms with Crippen molar-refractivity contribution in [1.82, 2.24) is 9.88 Å². The second-order valence-corrected chi connectivity index (χ2v) is 10.8. The van der Waals surface area contributed by atoms with E-state index in [0.29, 0.717) is 48.1 Å². The first-order chi connectivity index (χ1) is 17.0. The zero-order chi connectivity index (χ0) is 26.2. The van der Waals surface area contributed by atoms with E-state index in [9.17, 15) is 23.9 Å². The number of aliphatic hydroxyl groups excluding tert-OH is 1. The number of hydrogen-bond acceptors (Lipinski definition) is 4. The van der Waals surface area contributed by atoms with Crippen LogP contribution in [0.25, 0.3) is 0 Å². The summed E-state index contributed by atoms with van der Waals surface area (Å²) in [5, 5.41) is 15.6. The third-order valence-corrected chi connectivity index (χ3v) is 7.96. The maximum Gasteiger partial charge on any atom is 0.294 e. The molecule has 1 aromatic heterocycles. The first-order valence-electron chi connectivity index (χ1n) is 12.8. The summed E-state index contributed by atoms with van der Waals surface area (Å²) in [5.74, 6) is -1.97. The number of ketones is 1. The fraction of sp³-hybridized carbons (Fsp3) is 0.536. The van der Waals surface area contributed by atoms with Gasteiger partial charge in [-0.25, -0.2) is 4.39 Å². The smallest absolute Gasteiger partial charge is 0.294 e. The van der Waals surface area contributed by atoms with Crippen LogP contribution in [-0.2, 0) is 11.8 Å². The van der Waals surface area contributed by atoms with Crippen LogP contribution in [0.3, 0.4) is 0 Å². The van der Waals surface area contributed by atoms with Crippen LogP contribution in [0.1, 0.15) is 102 Å². The molecule has 194 valence electrons. The molecule has 2 saturated carbocycles. The minimum absolute atomic E-state index is 0.117. The lowest BCUT2D eigenvalue weighted by Crippen LogP contribution is -2.51. The van der Waals surface area contributed by atoms with Crippen LogP contribution in [0, 0.1) is 19.7 Å². The van der Waals surface area contributed by atoms with E-state index < -0.39 is 17.2 Å². The van der Waals surface area contributed by atoms with Crippen LogP contribution < -0.4 is 10.6 Å². The molecule has 3 N–H and O–H groups in total. The van der Waals surface area contributed by atoms with Gasteiger partial charge in [0.1, 0.15) is 5.82 Å². The number of aliphatic hydroxyl groups is 1. The number of aryl methyl sites for hydroxylation is 1. The maximum atomic E-state index is 13.7. The van der Waals surface area contributed by atoms with Gasteiger partial charge in [0.2, 0.25) is 0 Å². The van der Waals surface area contributed by atoms with Crippen LogP contribution in [0.15, 0.2) is 18.2 Å². The molecule has 2 fully saturated rings. The van der Waals surface area contributed by atoms with Crippen LogP contribution in [0.5, 0.6) is 0 Å². The minimum atomic E-state index is -0.698. The third kappa shape index (κ3) is 5.09. The number of aromatic nitrogens is 1. The predicted molar refractivity (Wildman–Crippen MR) is 136 cm³/mol. The minimum Gasteiger partial charge on any atom is -0.393 e. The Morgan fingerprint density at radius 2 is 1.72 bits per heavy atom. The largest absolute Gasteiger partial charge is 0.393 e. The summed E-state index contributed by atoms with van der Waals surface area (Å²) in [6, 6.07) is 4.39. The molecule has 0 saturated heterocycles. The zero-order valence-corrected chi connectivity index (χ0v) is 21.5. The Bertz CT molecular complexity index is 1190. The molecule has 4 rings (SSSR count). The molecule has 0 unspecified atom stereocenters. The molecule has 8 heteroatoms. The lowest BCUT2D eigenvalue weighted by molar-refractivity contribution is -0.119. The Balaban J connectivity index is 1.66. The van der Waals surface area contributed by atoms with E-state index in [0.717, 1.165) is 31.4 Å². The molecule has 0 atom stereocenters. The lowest BCUT2D eigenvalue weighted by atomic mass is 9.82. The van der Waals surface area contributed by atoms with Crippen molar-refractivity contribution in [2.24, 2.45) is 7.05 Å². The number of anilines is 1. The summed E-state index contributed by atoms with van der Waals surface area (Å²) < 4.78 is 15.5. The molecule has 2 aromatic rings. The van der Waals surface area contributed by atoms with Crippen LogP contribution >= 0.6 is 0 Å². The topological polar surface area (TPSA) is 100 Å². The molecule has 1 aromatic carbocycles. The summed E-state index contributed by atoms with van der Waals surface area (Å²) >= 11 is 0. The zero-order valence-electron chi connectivity index (χ0n) is 21.5. The van der Waals surface area contributed by atoms with Crippen LogP contribution in [0.2, 0.25) is 0 Å². The van der Waals surface area contributed by atoms with E-state index >= 15 is 0 Å². The molecule has 2 aliphatic rings. The van der Waals surface area contributed by atoms with Crippen molar-refractivity contribution in [2.45, 2.75) is 89.7 Å². The molecule has 0 spiro atoms. The summed E-state index contributed by atoms with van der Waals surface area (Å²) in [7, 11) is 1.75. The van der Waals surface area contributed by atoms with Crippen molar-refractivity contribution in [2.75, 3.05) is 5.32 Å². The van der Waals surface area contributed by atoms with E-state index in [1.807, 2.05) is 6.92 Å². The van der Waals surface area contributed by atoms with Gasteiger partial charge < -0.3 is 20.3 Å². The Morgan fingerprint density at radius 1 is 1.08 bits per heavy atom. The van der Waals surface area contributed by atoms with Crippen LogP contribution in [0.4, 0.5) is 10.1 Å². The molecule has 1 heterocycles. The van der Waals surface area contributed by atoms with Gasteiger partial charge in [-0.2, -0.15) is 0 Å². The Labute approximate surface area is 211 Å². The number of amides is 2. The van der Waals surface area contributed by atoms with Gasteiger partial charge >= 0.3 is 0 Å². The number of halogens is 1. The second kappa shape index (κ2) is 10.2. The molecular formula is C28H36FN3O4. The number of Topliss-reactive ketones (excluding diaryl/α,β-unsaturated/α-hetero) is 1. The summed E-state index contributed by atoms with van der Waals surface area (Å²) in [4.78, 5) is 40.1. The van der Waals surface area contributed by atoms with Gasteiger partial charge in [-0.1, -0.05) is 12.8 Å². The third-order valence-electron chi connectivity index (χ3n) is 7.96. The number of carbonyl (C=O) groups excluding carboxylic acids is 3. The normalized spacial score (nSPS) is 22.4. The molecule has 2 aliphatic carbocycles. The average molecular weight is 498 g/mol. The van der Waals surface area contributed by atoms with E-state index in [4.69, 9.17) is 0 Å². The van der Waals surface area contributed by atoms with Gasteiger partial charge in [0, 0.05) is 29.9 Å². The van der Waals surface area contributed by atoms with Crippen molar-refractivity contribution in [3.63, 3.8) is 0 Å². The van der Waals surface area contributed by atoms with Gasteiger partial charge in [-0.15, -0.1) is 0 Å². The molecule has 7 nitrogen and oxygen atoms in total. The van der Waals surface area contributed by atoms with Gasteiger partial charge in [0.15, 0.2) is 0 Å². The Kier molecular flexibility index (Phi) is 7.36. The highest BCUT2D eigenvalue weighted by Crippen LogP contribution is 2.39. The Hall–Kier alpha value is -3.00. The van der Waals surface area contributed by atoms with Gasteiger partial charge in [0.05, 0.1) is 17.4 Å². The molecule has 36 heavy (non-hydrogen) atoms. The fourth-order valence-corrected chi connectivity index (χ4v) is 5.86. The van der Waals surface area contributed by atoms with Gasteiger partial charge in [-0.3, -0.25) is 14.4 Å². The van der Waals surface area contributed by atoms with Crippen molar-refractivity contribution >= 4 is 23.3 Å². The van der Waals surface area contributed by atoms with Crippen molar-refractivity contribution < 1.29 is 23.9 Å². The first kappa shape index (κ1) is 26.1. The highest BCUT2D eigenvalue weighted by atomic mass is 19.1. The number of rotatable bonds is 6. The van der Waals surface area contributed by atoms with Crippen molar-refractivity contribution in [3.8, 4) is 0 Å². The van der Waals surface area contributed by atoms with Crippen LogP contribution in [-0.4, -0.2) is 38.9 Å². The molecule has 2 amide bonds. The predicted octanol–water partition coefficient (Wildman–Crippen LogP) is 4.68. The number of hydrogen-bond donors (Lipinski definition) is 3. The van der Waals surface area contributed by atoms with E-state index in [1.54, 1.807) is 31.5 Å². The molecule has 0 aliphatic heterocycles. The summed E-state index contributed by atoms with van der Waals surface area (Å²) in [6.07, 6.45) is 5.87. The SMILES string of the molecule is Cc1cc(NC(=O)c2c(C)c(C(=O)C(=O)NC3(C)CCC(O)CC3)n(C)c2C2CCCC2)ccc1F. The fourth-order valence-electron chi connectivity index (χ4n) is 5.86. The number of carbonyl (C=O) groups is 3. The molecule has 0 radical (unpaired) electrons.